The molecule has 0 unspecified atom stereocenters. The van der Waals surface area contributed by atoms with Crippen molar-refractivity contribution in [2.45, 2.75) is 65.3 Å². The number of hydrogen-bond acceptors (Lipinski definition) is 4. The summed E-state index contributed by atoms with van der Waals surface area (Å²) >= 11 is 0. The molecule has 0 amide bonds. The number of imidazole rings is 1. The normalized spacial score (nSPS) is 14.9. The Labute approximate surface area is 158 Å². The summed E-state index contributed by atoms with van der Waals surface area (Å²) in [5.74, 6) is 1.97. The summed E-state index contributed by atoms with van der Waals surface area (Å²) < 4.78 is 7.62. The van der Waals surface area contributed by atoms with E-state index in [9.17, 15) is 4.79 Å². The molecule has 0 bridgehead atoms. The van der Waals surface area contributed by atoms with E-state index >= 15 is 0 Å². The molecule has 27 heavy (non-hydrogen) atoms. The predicted molar refractivity (Wildman–Crippen MR) is 106 cm³/mol. The second-order valence-electron chi connectivity index (χ2n) is 7.50. The molecule has 6 heteroatoms. The van der Waals surface area contributed by atoms with Crippen molar-refractivity contribution in [3.63, 3.8) is 0 Å². The van der Waals surface area contributed by atoms with Crippen LogP contribution in [0.5, 0.6) is 11.8 Å². The van der Waals surface area contributed by atoms with Gasteiger partial charge >= 0.3 is 6.01 Å². The molecule has 1 fully saturated rings. The number of nitrogens with zero attached hydrogens (tertiary/aromatic N) is 3. The number of ether oxygens (including phenoxy) is 1. The minimum atomic E-state index is -0.113. The van der Waals surface area contributed by atoms with Gasteiger partial charge in [0.05, 0.1) is 0 Å². The lowest BCUT2D eigenvalue weighted by molar-refractivity contribution is 0.398. The highest BCUT2D eigenvalue weighted by Gasteiger charge is 2.23. The van der Waals surface area contributed by atoms with E-state index in [4.69, 9.17) is 4.74 Å². The van der Waals surface area contributed by atoms with Gasteiger partial charge in [-0.2, -0.15) is 4.98 Å². The van der Waals surface area contributed by atoms with Gasteiger partial charge in [0.25, 0.3) is 5.56 Å². The fourth-order valence-electron chi connectivity index (χ4n) is 3.76. The lowest BCUT2D eigenvalue weighted by Crippen LogP contribution is -2.23. The summed E-state index contributed by atoms with van der Waals surface area (Å²) in [4.78, 5) is 25.5. The molecular weight excluding hydrogens is 340 g/mol. The van der Waals surface area contributed by atoms with Crippen LogP contribution < -0.4 is 10.3 Å². The number of H-pyrrole nitrogens is 1. The largest absolute Gasteiger partial charge is 0.425 e. The van der Waals surface area contributed by atoms with Crippen molar-refractivity contribution in [2.75, 3.05) is 0 Å². The zero-order valence-corrected chi connectivity index (χ0v) is 16.2. The molecule has 6 nitrogen and oxygen atoms in total. The van der Waals surface area contributed by atoms with E-state index in [0.29, 0.717) is 35.4 Å². The van der Waals surface area contributed by atoms with Crippen LogP contribution in [-0.2, 0) is 6.54 Å². The van der Waals surface area contributed by atoms with Crippen LogP contribution in [0.1, 0.15) is 61.9 Å². The number of aryl methyl sites for hydroxylation is 2. The van der Waals surface area contributed by atoms with Crippen LogP contribution in [0.3, 0.4) is 0 Å². The minimum absolute atomic E-state index is 0.113. The van der Waals surface area contributed by atoms with Crippen LogP contribution in [0.25, 0.3) is 11.2 Å². The SMILES string of the molecule is CCCn1c(Oc2ccc(C)c(C)c2)nc2nc(C3CCCC3)[nH]c2c1=O. The molecule has 2 aromatic heterocycles. The van der Waals surface area contributed by atoms with Gasteiger partial charge < -0.3 is 9.72 Å². The van der Waals surface area contributed by atoms with Crippen molar-refractivity contribution in [3.8, 4) is 11.8 Å². The van der Waals surface area contributed by atoms with Gasteiger partial charge in [-0.15, -0.1) is 0 Å². The van der Waals surface area contributed by atoms with Gasteiger partial charge in [0.1, 0.15) is 11.6 Å². The molecule has 3 aromatic rings. The number of aromatic amines is 1. The number of aromatic nitrogens is 4. The third kappa shape index (κ3) is 3.36. The van der Waals surface area contributed by atoms with Gasteiger partial charge in [0.15, 0.2) is 11.2 Å². The van der Waals surface area contributed by atoms with Crippen molar-refractivity contribution in [1.82, 2.24) is 19.5 Å². The Kier molecular flexibility index (Phi) is 4.72. The maximum atomic E-state index is 13.1. The summed E-state index contributed by atoms with van der Waals surface area (Å²) in [5.41, 5.74) is 3.16. The van der Waals surface area contributed by atoms with Gasteiger partial charge in [-0.3, -0.25) is 9.36 Å². The number of benzene rings is 1. The maximum absolute atomic E-state index is 13.1. The van der Waals surface area contributed by atoms with Crippen LogP contribution in [0, 0.1) is 13.8 Å². The Bertz CT molecular complexity index is 1030. The quantitative estimate of drug-likeness (QED) is 0.716. The van der Waals surface area contributed by atoms with Crippen molar-refractivity contribution >= 4 is 11.2 Å². The van der Waals surface area contributed by atoms with Crippen LogP contribution in [-0.4, -0.2) is 19.5 Å². The fourth-order valence-corrected chi connectivity index (χ4v) is 3.76. The first kappa shape index (κ1) is 17.8. The predicted octanol–water partition coefficient (Wildman–Crippen LogP) is 4.60. The Morgan fingerprint density at radius 3 is 2.67 bits per heavy atom. The van der Waals surface area contributed by atoms with E-state index < -0.39 is 0 Å². The number of nitrogens with one attached hydrogen (secondary N) is 1. The van der Waals surface area contributed by atoms with Gasteiger partial charge in [0.2, 0.25) is 0 Å². The van der Waals surface area contributed by atoms with Crippen LogP contribution in [0.2, 0.25) is 0 Å². The van der Waals surface area contributed by atoms with Crippen molar-refractivity contribution in [3.05, 3.63) is 45.5 Å². The number of rotatable bonds is 5. The highest BCUT2D eigenvalue weighted by Crippen LogP contribution is 2.33. The smallest absolute Gasteiger partial charge is 0.306 e. The topological polar surface area (TPSA) is 72.8 Å². The van der Waals surface area contributed by atoms with E-state index in [2.05, 4.69) is 21.9 Å². The summed E-state index contributed by atoms with van der Waals surface area (Å²) in [5, 5.41) is 0. The van der Waals surface area contributed by atoms with Crippen molar-refractivity contribution in [2.24, 2.45) is 0 Å². The van der Waals surface area contributed by atoms with E-state index in [1.54, 1.807) is 4.57 Å². The van der Waals surface area contributed by atoms with Crippen LogP contribution >= 0.6 is 0 Å². The van der Waals surface area contributed by atoms with Crippen LogP contribution in [0.4, 0.5) is 0 Å². The summed E-state index contributed by atoms with van der Waals surface area (Å²) in [6.07, 6.45) is 5.50. The second kappa shape index (κ2) is 7.18. The first-order valence-corrected chi connectivity index (χ1v) is 9.82. The summed E-state index contributed by atoms with van der Waals surface area (Å²) in [6.45, 7) is 6.69. The van der Waals surface area contributed by atoms with E-state index in [-0.39, 0.29) is 5.56 Å². The third-order valence-corrected chi connectivity index (χ3v) is 5.47. The molecule has 0 atom stereocenters. The third-order valence-electron chi connectivity index (χ3n) is 5.47. The van der Waals surface area contributed by atoms with Gasteiger partial charge in [-0.25, -0.2) is 4.98 Å². The molecule has 0 radical (unpaired) electrons. The molecule has 0 spiro atoms. The monoisotopic (exact) mass is 366 g/mol. The van der Waals surface area contributed by atoms with E-state index in [1.165, 1.54) is 18.4 Å². The molecular formula is C21H26N4O2. The van der Waals surface area contributed by atoms with Gasteiger partial charge in [0, 0.05) is 12.5 Å². The number of hydrogen-bond donors (Lipinski definition) is 1. The second-order valence-corrected chi connectivity index (χ2v) is 7.50. The molecule has 1 saturated carbocycles. The molecule has 2 heterocycles. The standard InChI is InChI=1S/C21H26N4O2/c1-4-11-25-20(26)17-19(23-18(22-17)15-7-5-6-8-15)24-21(25)27-16-10-9-13(2)14(3)12-16/h9-10,12,15H,4-8,11H2,1-3H3,(H,22,23). The zero-order chi connectivity index (χ0) is 19.0. The molecule has 0 aliphatic heterocycles. The maximum Gasteiger partial charge on any atom is 0.306 e. The zero-order valence-electron chi connectivity index (χ0n) is 16.2. The lowest BCUT2D eigenvalue weighted by Gasteiger charge is -2.12. The Morgan fingerprint density at radius 2 is 1.96 bits per heavy atom. The lowest BCUT2D eigenvalue weighted by atomic mass is 10.1. The first-order chi connectivity index (χ1) is 13.1. The van der Waals surface area contributed by atoms with Gasteiger partial charge in [-0.1, -0.05) is 25.8 Å². The molecule has 142 valence electrons. The Morgan fingerprint density at radius 1 is 1.19 bits per heavy atom. The highest BCUT2D eigenvalue weighted by molar-refractivity contribution is 5.70. The molecule has 1 N–H and O–H groups in total. The minimum Gasteiger partial charge on any atom is -0.425 e. The van der Waals surface area contributed by atoms with E-state index in [0.717, 1.165) is 30.7 Å². The van der Waals surface area contributed by atoms with Gasteiger partial charge in [-0.05, 0) is 56.4 Å². The average molecular weight is 366 g/mol. The van der Waals surface area contributed by atoms with Crippen molar-refractivity contribution < 1.29 is 4.74 Å². The fraction of sp³-hybridized carbons (Fsp3) is 0.476. The first-order valence-electron chi connectivity index (χ1n) is 9.82. The average Bonchev–Trinajstić information content (AvgIpc) is 3.31. The van der Waals surface area contributed by atoms with Crippen molar-refractivity contribution in [1.29, 1.82) is 0 Å². The Hall–Kier alpha value is -2.63. The highest BCUT2D eigenvalue weighted by atomic mass is 16.5. The Balaban J connectivity index is 1.78. The van der Waals surface area contributed by atoms with Crippen LogP contribution in [0.15, 0.2) is 23.0 Å². The number of fused-ring (bicyclic) bond motifs is 1. The molecule has 0 saturated heterocycles. The summed E-state index contributed by atoms with van der Waals surface area (Å²) in [6, 6.07) is 6.19. The molecule has 4 rings (SSSR count). The molecule has 1 aliphatic rings. The molecule has 1 aromatic carbocycles. The summed E-state index contributed by atoms with van der Waals surface area (Å²) in [7, 11) is 0. The molecule has 1 aliphatic carbocycles. The van der Waals surface area contributed by atoms with E-state index in [1.807, 2.05) is 32.0 Å².